The van der Waals surface area contributed by atoms with Crippen LogP contribution in [0.25, 0.3) is 0 Å². The number of rotatable bonds is 8. The van der Waals surface area contributed by atoms with Gasteiger partial charge in [-0.15, -0.1) is 0 Å². The quantitative estimate of drug-likeness (QED) is 0.606. The molecule has 0 fully saturated rings. The van der Waals surface area contributed by atoms with E-state index < -0.39 is 34.1 Å². The van der Waals surface area contributed by atoms with Gasteiger partial charge >= 0.3 is 0 Å². The summed E-state index contributed by atoms with van der Waals surface area (Å²) >= 11 is 6.31. The van der Waals surface area contributed by atoms with Crippen LogP contribution in [0.1, 0.15) is 38.8 Å². The first-order valence-corrected chi connectivity index (χ1v) is 12.8. The van der Waals surface area contributed by atoms with Crippen molar-refractivity contribution in [3.05, 3.63) is 64.7 Å². The number of benzene rings is 2. The third kappa shape index (κ3) is 7.75. The zero-order valence-electron chi connectivity index (χ0n) is 19.9. The highest BCUT2D eigenvalue weighted by Crippen LogP contribution is 2.22. The van der Waals surface area contributed by atoms with Gasteiger partial charge in [0.2, 0.25) is 21.8 Å². The molecule has 0 radical (unpaired) electrons. The molecule has 2 amide bonds. The SMILES string of the molecule is Cc1cccc(N(CC(=O)N(Cc2ccccc2Cl)C(C)C(=O)NC(C)(C)C)S(C)(=O)=O)c1. The van der Waals surface area contributed by atoms with Crippen molar-refractivity contribution in [2.75, 3.05) is 17.1 Å². The predicted molar refractivity (Wildman–Crippen MR) is 133 cm³/mol. The Morgan fingerprint density at radius 2 is 1.73 bits per heavy atom. The van der Waals surface area contributed by atoms with E-state index >= 15 is 0 Å². The topological polar surface area (TPSA) is 86.8 Å². The van der Waals surface area contributed by atoms with Crippen molar-refractivity contribution in [2.24, 2.45) is 0 Å². The summed E-state index contributed by atoms with van der Waals surface area (Å²) in [6.07, 6.45) is 1.05. The summed E-state index contributed by atoms with van der Waals surface area (Å²) in [5.41, 5.74) is 1.41. The van der Waals surface area contributed by atoms with E-state index in [0.717, 1.165) is 16.1 Å². The van der Waals surface area contributed by atoms with Crippen LogP contribution in [0.15, 0.2) is 48.5 Å². The number of sulfonamides is 1. The van der Waals surface area contributed by atoms with Crippen LogP contribution < -0.4 is 9.62 Å². The maximum absolute atomic E-state index is 13.5. The molecule has 1 atom stereocenters. The first-order chi connectivity index (χ1) is 15.2. The molecule has 2 rings (SSSR count). The Kier molecular flexibility index (Phi) is 8.54. The Morgan fingerprint density at radius 3 is 2.27 bits per heavy atom. The van der Waals surface area contributed by atoms with E-state index in [2.05, 4.69) is 5.32 Å². The first kappa shape index (κ1) is 26.7. The molecule has 7 nitrogen and oxygen atoms in total. The first-order valence-electron chi connectivity index (χ1n) is 10.6. The molecule has 0 aliphatic heterocycles. The van der Waals surface area contributed by atoms with Gasteiger partial charge in [-0.1, -0.05) is 41.9 Å². The minimum Gasteiger partial charge on any atom is -0.350 e. The Hall–Kier alpha value is -2.58. The molecular formula is C24H32ClN3O4S. The number of hydrogen-bond acceptors (Lipinski definition) is 4. The lowest BCUT2D eigenvalue weighted by atomic mass is 10.1. The Morgan fingerprint density at radius 1 is 1.09 bits per heavy atom. The molecule has 180 valence electrons. The molecule has 2 aromatic rings. The summed E-state index contributed by atoms with van der Waals surface area (Å²) in [7, 11) is -3.76. The van der Waals surface area contributed by atoms with E-state index in [1.54, 1.807) is 49.4 Å². The minimum atomic E-state index is -3.76. The normalized spacial score (nSPS) is 12.7. The lowest BCUT2D eigenvalue weighted by Gasteiger charge is -2.33. The van der Waals surface area contributed by atoms with Crippen LogP contribution in [0.5, 0.6) is 0 Å². The van der Waals surface area contributed by atoms with Crippen molar-refractivity contribution in [2.45, 2.75) is 52.7 Å². The third-order valence-corrected chi connectivity index (χ3v) is 6.44. The number of aryl methyl sites for hydroxylation is 1. The highest BCUT2D eigenvalue weighted by Gasteiger charge is 2.31. The second-order valence-corrected chi connectivity index (χ2v) is 11.5. The van der Waals surface area contributed by atoms with Gasteiger partial charge in [0.25, 0.3) is 0 Å². The largest absolute Gasteiger partial charge is 0.350 e. The maximum Gasteiger partial charge on any atom is 0.244 e. The van der Waals surface area contributed by atoms with Crippen LogP contribution >= 0.6 is 11.6 Å². The lowest BCUT2D eigenvalue weighted by Crippen LogP contribution is -2.54. The van der Waals surface area contributed by atoms with Crippen LogP contribution in [0.4, 0.5) is 5.69 Å². The summed E-state index contributed by atoms with van der Waals surface area (Å²) in [5, 5.41) is 3.34. The van der Waals surface area contributed by atoms with Gasteiger partial charge in [0.05, 0.1) is 11.9 Å². The maximum atomic E-state index is 13.5. The number of carbonyl (C=O) groups excluding carboxylic acids is 2. The molecule has 0 saturated heterocycles. The van der Waals surface area contributed by atoms with Crippen molar-refractivity contribution in [1.82, 2.24) is 10.2 Å². The Balaban J connectivity index is 2.42. The molecule has 2 aromatic carbocycles. The zero-order valence-corrected chi connectivity index (χ0v) is 21.5. The smallest absolute Gasteiger partial charge is 0.244 e. The van der Waals surface area contributed by atoms with Crippen LogP contribution in [0, 0.1) is 6.92 Å². The highest BCUT2D eigenvalue weighted by molar-refractivity contribution is 7.92. The number of anilines is 1. The van der Waals surface area contributed by atoms with E-state index in [4.69, 9.17) is 11.6 Å². The van der Waals surface area contributed by atoms with Crippen LogP contribution in [0.2, 0.25) is 5.02 Å². The van der Waals surface area contributed by atoms with Gasteiger partial charge in [0.1, 0.15) is 12.6 Å². The molecule has 1 N–H and O–H groups in total. The van der Waals surface area contributed by atoms with E-state index in [1.165, 1.54) is 4.90 Å². The van der Waals surface area contributed by atoms with Gasteiger partial charge in [-0.25, -0.2) is 8.42 Å². The molecule has 0 aliphatic rings. The second kappa shape index (κ2) is 10.6. The summed E-state index contributed by atoms with van der Waals surface area (Å²) in [5.74, 6) is -0.859. The third-order valence-electron chi connectivity index (χ3n) is 4.93. The van der Waals surface area contributed by atoms with Gasteiger partial charge in [-0.05, 0) is 63.9 Å². The summed E-state index contributed by atoms with van der Waals surface area (Å²) in [6.45, 7) is 8.62. The lowest BCUT2D eigenvalue weighted by molar-refractivity contribution is -0.140. The van der Waals surface area contributed by atoms with Crippen molar-refractivity contribution in [3.63, 3.8) is 0 Å². The van der Waals surface area contributed by atoms with E-state index in [-0.39, 0.29) is 12.5 Å². The zero-order chi connectivity index (χ0) is 25.0. The molecule has 33 heavy (non-hydrogen) atoms. The number of halogens is 1. The van der Waals surface area contributed by atoms with Crippen molar-refractivity contribution in [1.29, 1.82) is 0 Å². The fourth-order valence-corrected chi connectivity index (χ4v) is 4.30. The van der Waals surface area contributed by atoms with Gasteiger partial charge in [-0.2, -0.15) is 0 Å². The van der Waals surface area contributed by atoms with Crippen molar-refractivity contribution < 1.29 is 18.0 Å². The average molecular weight is 494 g/mol. The highest BCUT2D eigenvalue weighted by atomic mass is 35.5. The fourth-order valence-electron chi connectivity index (χ4n) is 3.26. The molecule has 0 saturated carbocycles. The number of nitrogens with zero attached hydrogens (tertiary/aromatic N) is 2. The van der Waals surface area contributed by atoms with Gasteiger partial charge in [0, 0.05) is 17.1 Å². The molecular weight excluding hydrogens is 462 g/mol. The summed E-state index contributed by atoms with van der Waals surface area (Å²) in [4.78, 5) is 27.7. The van der Waals surface area contributed by atoms with Crippen LogP contribution in [0.3, 0.4) is 0 Å². The monoisotopic (exact) mass is 493 g/mol. The predicted octanol–water partition coefficient (Wildman–Crippen LogP) is 3.75. The Bertz CT molecular complexity index is 1110. The number of carbonyl (C=O) groups is 2. The van der Waals surface area contributed by atoms with Crippen molar-refractivity contribution in [3.8, 4) is 0 Å². The van der Waals surface area contributed by atoms with E-state index in [0.29, 0.717) is 16.3 Å². The van der Waals surface area contributed by atoms with Crippen molar-refractivity contribution >= 4 is 39.1 Å². The number of nitrogens with one attached hydrogen (secondary N) is 1. The van der Waals surface area contributed by atoms with Crippen LogP contribution in [-0.4, -0.2) is 49.5 Å². The van der Waals surface area contributed by atoms with Crippen LogP contribution in [-0.2, 0) is 26.2 Å². The molecule has 0 bridgehead atoms. The van der Waals surface area contributed by atoms with Gasteiger partial charge in [0.15, 0.2) is 0 Å². The molecule has 0 heterocycles. The molecule has 9 heteroatoms. The molecule has 1 unspecified atom stereocenters. The minimum absolute atomic E-state index is 0.0582. The number of amides is 2. The summed E-state index contributed by atoms with van der Waals surface area (Å²) < 4.78 is 26.2. The molecule has 0 aliphatic carbocycles. The van der Waals surface area contributed by atoms with Gasteiger partial charge < -0.3 is 10.2 Å². The van der Waals surface area contributed by atoms with Gasteiger partial charge in [-0.3, -0.25) is 13.9 Å². The van der Waals surface area contributed by atoms with E-state index in [1.807, 2.05) is 33.8 Å². The standard InChI is InChI=1S/C24H32ClN3O4S/c1-17-10-9-12-20(14-17)28(33(6,31)32)16-22(29)27(15-19-11-7-8-13-21(19)25)18(2)23(30)26-24(3,4)5/h7-14,18H,15-16H2,1-6H3,(H,26,30). The number of hydrogen-bond donors (Lipinski definition) is 1. The molecule has 0 aromatic heterocycles. The average Bonchev–Trinajstić information content (AvgIpc) is 2.68. The second-order valence-electron chi connectivity index (χ2n) is 9.14. The molecule has 0 spiro atoms. The Labute approximate surface area is 201 Å². The fraction of sp³-hybridized carbons (Fsp3) is 0.417. The summed E-state index contributed by atoms with van der Waals surface area (Å²) in [6, 6.07) is 13.1. The van der Waals surface area contributed by atoms with E-state index in [9.17, 15) is 18.0 Å².